The van der Waals surface area contributed by atoms with Gasteiger partial charge in [0, 0.05) is 31.4 Å². The molecule has 0 amide bonds. The highest BCUT2D eigenvalue weighted by atomic mass is 16.5. The molecular formula is C22H23N7O2. The van der Waals surface area contributed by atoms with Crippen molar-refractivity contribution in [3.63, 3.8) is 0 Å². The summed E-state index contributed by atoms with van der Waals surface area (Å²) in [6.45, 7) is 1.44. The van der Waals surface area contributed by atoms with Crippen LogP contribution in [0.5, 0.6) is 5.75 Å². The van der Waals surface area contributed by atoms with Crippen LogP contribution in [0, 0.1) is 0 Å². The summed E-state index contributed by atoms with van der Waals surface area (Å²) in [7, 11) is 1.62. The lowest BCUT2D eigenvalue weighted by Gasteiger charge is -2.13. The summed E-state index contributed by atoms with van der Waals surface area (Å²) >= 11 is 0. The molecule has 158 valence electrons. The molecule has 0 spiro atoms. The molecule has 0 unspecified atom stereocenters. The average molecular weight is 417 g/mol. The number of hydrogen-bond acceptors (Lipinski definition) is 9. The number of rotatable bonds is 9. The van der Waals surface area contributed by atoms with E-state index in [9.17, 15) is 0 Å². The minimum atomic E-state index is 0.311. The molecule has 0 bridgehead atoms. The highest BCUT2D eigenvalue weighted by Crippen LogP contribution is 2.25. The molecule has 3 heterocycles. The SMILES string of the molecule is COCCOc1cccnc1Nc1cnc(N)c(NCc2ccc3ncccc3c2)n1. The average Bonchev–Trinajstić information content (AvgIpc) is 2.80. The number of ether oxygens (including phenoxy) is 2. The van der Waals surface area contributed by atoms with Crippen LogP contribution in [0.15, 0.2) is 61.1 Å². The van der Waals surface area contributed by atoms with E-state index < -0.39 is 0 Å². The standard InChI is InChI=1S/C22H23N7O2/c1-30-10-11-31-18-5-3-9-25-21(18)28-19-14-26-20(23)22(29-19)27-13-15-6-7-17-16(12-15)4-2-8-24-17/h2-9,12,14H,10-11,13H2,1H3,(H2,23,26)(H2,25,27,28,29). The lowest BCUT2D eigenvalue weighted by atomic mass is 10.1. The van der Waals surface area contributed by atoms with Crippen LogP contribution >= 0.6 is 0 Å². The van der Waals surface area contributed by atoms with E-state index in [1.54, 1.807) is 31.8 Å². The maximum atomic E-state index is 6.02. The minimum absolute atomic E-state index is 0.311. The molecule has 1 aromatic carbocycles. The number of anilines is 4. The van der Waals surface area contributed by atoms with Crippen LogP contribution in [0.1, 0.15) is 5.56 Å². The Kier molecular flexibility index (Phi) is 6.34. The van der Waals surface area contributed by atoms with E-state index in [0.717, 1.165) is 16.5 Å². The van der Waals surface area contributed by atoms with Gasteiger partial charge in [0.2, 0.25) is 0 Å². The summed E-state index contributed by atoms with van der Waals surface area (Å²) in [4.78, 5) is 17.4. The molecule has 3 aromatic heterocycles. The number of methoxy groups -OCH3 is 1. The van der Waals surface area contributed by atoms with Gasteiger partial charge in [-0.05, 0) is 35.9 Å². The van der Waals surface area contributed by atoms with Crippen molar-refractivity contribution in [3.8, 4) is 5.75 Å². The molecule has 4 rings (SSSR count). The number of nitrogens with zero attached hydrogens (tertiary/aromatic N) is 4. The molecule has 9 heteroatoms. The summed E-state index contributed by atoms with van der Waals surface area (Å²) in [6, 6.07) is 13.7. The Hall–Kier alpha value is -3.98. The Balaban J connectivity index is 1.47. The third-order valence-corrected chi connectivity index (χ3v) is 4.49. The van der Waals surface area contributed by atoms with Gasteiger partial charge in [-0.15, -0.1) is 0 Å². The highest BCUT2D eigenvalue weighted by Gasteiger charge is 2.09. The summed E-state index contributed by atoms with van der Waals surface area (Å²) in [5, 5.41) is 7.46. The van der Waals surface area contributed by atoms with Crippen LogP contribution < -0.4 is 21.1 Å². The molecule has 31 heavy (non-hydrogen) atoms. The van der Waals surface area contributed by atoms with Crippen LogP contribution in [0.3, 0.4) is 0 Å². The third kappa shape index (κ3) is 5.14. The fourth-order valence-electron chi connectivity index (χ4n) is 2.97. The highest BCUT2D eigenvalue weighted by molar-refractivity contribution is 5.79. The number of benzene rings is 1. The van der Waals surface area contributed by atoms with E-state index in [-0.39, 0.29) is 0 Å². The number of nitrogens with two attached hydrogens (primary N) is 1. The maximum absolute atomic E-state index is 6.02. The van der Waals surface area contributed by atoms with Crippen molar-refractivity contribution in [2.75, 3.05) is 36.7 Å². The smallest absolute Gasteiger partial charge is 0.174 e. The van der Waals surface area contributed by atoms with Crippen LogP contribution in [0.4, 0.5) is 23.3 Å². The van der Waals surface area contributed by atoms with E-state index >= 15 is 0 Å². The van der Waals surface area contributed by atoms with Gasteiger partial charge in [-0.25, -0.2) is 15.0 Å². The zero-order chi connectivity index (χ0) is 21.5. The Morgan fingerprint density at radius 3 is 2.74 bits per heavy atom. The van der Waals surface area contributed by atoms with Crippen LogP contribution in [0.2, 0.25) is 0 Å². The van der Waals surface area contributed by atoms with Crippen LogP contribution in [-0.2, 0) is 11.3 Å². The summed E-state index contributed by atoms with van der Waals surface area (Å²) in [5.74, 6) is 2.41. The third-order valence-electron chi connectivity index (χ3n) is 4.49. The molecule has 0 aliphatic rings. The van der Waals surface area contributed by atoms with Crippen LogP contribution in [0.25, 0.3) is 10.9 Å². The van der Waals surface area contributed by atoms with Gasteiger partial charge < -0.3 is 25.8 Å². The normalized spacial score (nSPS) is 10.7. The molecular weight excluding hydrogens is 394 g/mol. The number of nitrogen functional groups attached to an aromatic ring is 1. The molecule has 9 nitrogen and oxygen atoms in total. The van der Waals surface area contributed by atoms with Gasteiger partial charge in [0.1, 0.15) is 6.61 Å². The van der Waals surface area contributed by atoms with Gasteiger partial charge in [-0.2, -0.15) is 0 Å². The van der Waals surface area contributed by atoms with E-state index in [1.165, 1.54) is 0 Å². The summed E-state index contributed by atoms with van der Waals surface area (Å²) in [5.41, 5.74) is 8.06. The van der Waals surface area contributed by atoms with Crippen molar-refractivity contribution < 1.29 is 9.47 Å². The van der Waals surface area contributed by atoms with Gasteiger partial charge in [0.15, 0.2) is 29.0 Å². The van der Waals surface area contributed by atoms with Crippen molar-refractivity contribution >= 4 is 34.2 Å². The van der Waals surface area contributed by atoms with E-state index in [2.05, 4.69) is 36.6 Å². The molecule has 0 aliphatic carbocycles. The van der Waals surface area contributed by atoms with Crippen molar-refractivity contribution in [2.24, 2.45) is 0 Å². The first-order chi connectivity index (χ1) is 15.2. The Morgan fingerprint density at radius 2 is 1.84 bits per heavy atom. The van der Waals surface area contributed by atoms with Gasteiger partial charge >= 0.3 is 0 Å². The molecule has 0 saturated carbocycles. The second kappa shape index (κ2) is 9.68. The van der Waals surface area contributed by atoms with Crippen molar-refractivity contribution in [1.29, 1.82) is 0 Å². The van der Waals surface area contributed by atoms with Gasteiger partial charge in [0.05, 0.1) is 18.3 Å². The second-order valence-electron chi connectivity index (χ2n) is 6.69. The second-order valence-corrected chi connectivity index (χ2v) is 6.69. The number of fused-ring (bicyclic) bond motifs is 1. The maximum Gasteiger partial charge on any atom is 0.174 e. The molecule has 0 atom stereocenters. The first kappa shape index (κ1) is 20.3. The first-order valence-electron chi connectivity index (χ1n) is 9.77. The Bertz CT molecular complexity index is 1170. The Labute approximate surface area is 179 Å². The summed E-state index contributed by atoms with van der Waals surface area (Å²) in [6.07, 6.45) is 5.00. The number of nitrogens with one attached hydrogen (secondary N) is 2. The number of aromatic nitrogens is 4. The van der Waals surface area contributed by atoms with Crippen molar-refractivity contribution in [1.82, 2.24) is 19.9 Å². The first-order valence-corrected chi connectivity index (χ1v) is 9.77. The monoisotopic (exact) mass is 417 g/mol. The summed E-state index contributed by atoms with van der Waals surface area (Å²) < 4.78 is 10.7. The van der Waals surface area contributed by atoms with Crippen molar-refractivity contribution in [3.05, 3.63) is 66.6 Å². The van der Waals surface area contributed by atoms with E-state index in [1.807, 2.05) is 30.3 Å². The molecule has 0 saturated heterocycles. The fraction of sp³-hybridized carbons (Fsp3) is 0.182. The predicted molar refractivity (Wildman–Crippen MR) is 120 cm³/mol. The molecule has 4 N–H and O–H groups in total. The zero-order valence-electron chi connectivity index (χ0n) is 17.1. The van der Waals surface area contributed by atoms with E-state index in [4.69, 9.17) is 15.2 Å². The fourth-order valence-corrected chi connectivity index (χ4v) is 2.97. The van der Waals surface area contributed by atoms with Gasteiger partial charge in [0.25, 0.3) is 0 Å². The predicted octanol–water partition coefficient (Wildman–Crippen LogP) is 3.38. The lowest BCUT2D eigenvalue weighted by molar-refractivity contribution is 0.146. The molecule has 0 fully saturated rings. The number of pyridine rings is 2. The van der Waals surface area contributed by atoms with Gasteiger partial charge in [-0.3, -0.25) is 4.98 Å². The number of hydrogen-bond donors (Lipinski definition) is 3. The lowest BCUT2D eigenvalue weighted by Crippen LogP contribution is -2.09. The minimum Gasteiger partial charge on any atom is -0.487 e. The van der Waals surface area contributed by atoms with Crippen molar-refractivity contribution in [2.45, 2.75) is 6.54 Å². The quantitative estimate of drug-likeness (QED) is 0.352. The van der Waals surface area contributed by atoms with E-state index in [0.29, 0.717) is 48.8 Å². The molecule has 4 aromatic rings. The van der Waals surface area contributed by atoms with Crippen LogP contribution in [-0.4, -0.2) is 40.3 Å². The molecule has 0 aliphatic heterocycles. The van der Waals surface area contributed by atoms with Gasteiger partial charge in [-0.1, -0.05) is 12.1 Å². The molecule has 0 radical (unpaired) electrons. The topological polar surface area (TPSA) is 120 Å². The largest absolute Gasteiger partial charge is 0.487 e. The Morgan fingerprint density at radius 1 is 0.968 bits per heavy atom. The zero-order valence-corrected chi connectivity index (χ0v) is 17.1.